The maximum atomic E-state index is 12.7. The van der Waals surface area contributed by atoms with Crippen molar-refractivity contribution in [2.75, 3.05) is 13.1 Å². The summed E-state index contributed by atoms with van der Waals surface area (Å²) >= 11 is 0. The Balaban J connectivity index is 0.000000223. The molecule has 0 saturated carbocycles. The lowest BCUT2D eigenvalue weighted by molar-refractivity contribution is 0.1000. The monoisotopic (exact) mass is 374 g/mol. The SMILES string of the molecule is NC(=O)c1ccc(O)cc1.O=C(O)N1CCC(Cc2ccc(F)cc2)CC1. The second-order valence-corrected chi connectivity index (χ2v) is 6.45. The lowest BCUT2D eigenvalue weighted by atomic mass is 9.90. The van der Waals surface area contributed by atoms with Crippen LogP contribution in [0.5, 0.6) is 5.75 Å². The number of nitrogens with zero attached hydrogens (tertiary/aromatic N) is 1. The quantitative estimate of drug-likeness (QED) is 0.767. The van der Waals surface area contributed by atoms with Crippen LogP contribution in [0.3, 0.4) is 0 Å². The topological polar surface area (TPSA) is 104 Å². The van der Waals surface area contributed by atoms with Gasteiger partial charge in [0.1, 0.15) is 11.6 Å². The number of carboxylic acid groups (broad SMARTS) is 1. The highest BCUT2D eigenvalue weighted by Gasteiger charge is 2.22. The fraction of sp³-hybridized carbons (Fsp3) is 0.300. The van der Waals surface area contributed by atoms with E-state index in [1.54, 1.807) is 12.1 Å². The van der Waals surface area contributed by atoms with E-state index in [1.165, 1.54) is 41.3 Å². The number of piperidine rings is 1. The number of likely N-dealkylation sites (tertiary alicyclic amines) is 1. The number of nitrogens with two attached hydrogens (primary N) is 1. The van der Waals surface area contributed by atoms with E-state index in [0.29, 0.717) is 24.6 Å². The van der Waals surface area contributed by atoms with Crippen LogP contribution >= 0.6 is 0 Å². The lowest BCUT2D eigenvalue weighted by Gasteiger charge is -2.29. The summed E-state index contributed by atoms with van der Waals surface area (Å²) in [5.41, 5.74) is 6.47. The molecule has 0 unspecified atom stereocenters. The third-order valence-electron chi connectivity index (χ3n) is 4.47. The molecule has 7 heteroatoms. The van der Waals surface area contributed by atoms with E-state index in [1.807, 2.05) is 0 Å². The Kier molecular flexibility index (Phi) is 7.16. The molecule has 4 N–H and O–H groups in total. The zero-order chi connectivity index (χ0) is 19.8. The van der Waals surface area contributed by atoms with Crippen molar-refractivity contribution in [1.29, 1.82) is 0 Å². The van der Waals surface area contributed by atoms with Crippen molar-refractivity contribution in [1.82, 2.24) is 4.90 Å². The van der Waals surface area contributed by atoms with Gasteiger partial charge < -0.3 is 20.8 Å². The predicted octanol–water partition coefficient (Wildman–Crippen LogP) is 3.25. The molecule has 6 nitrogen and oxygen atoms in total. The Morgan fingerprint density at radius 3 is 2.07 bits per heavy atom. The molecular weight excluding hydrogens is 351 g/mol. The molecule has 144 valence electrons. The number of benzene rings is 2. The van der Waals surface area contributed by atoms with Crippen LogP contribution in [-0.2, 0) is 6.42 Å². The van der Waals surface area contributed by atoms with E-state index < -0.39 is 12.0 Å². The number of hydrogen-bond donors (Lipinski definition) is 3. The molecule has 0 spiro atoms. The highest BCUT2D eigenvalue weighted by molar-refractivity contribution is 5.92. The van der Waals surface area contributed by atoms with Gasteiger partial charge in [0, 0.05) is 18.7 Å². The molecule has 0 aromatic heterocycles. The average molecular weight is 374 g/mol. The van der Waals surface area contributed by atoms with Gasteiger partial charge in [0.25, 0.3) is 0 Å². The number of rotatable bonds is 3. The number of carbonyl (C=O) groups is 2. The Bertz CT molecular complexity index is 755. The van der Waals surface area contributed by atoms with E-state index in [-0.39, 0.29) is 11.6 Å². The first-order chi connectivity index (χ1) is 12.8. The summed E-state index contributed by atoms with van der Waals surface area (Å²) in [6, 6.07) is 12.3. The smallest absolute Gasteiger partial charge is 0.407 e. The summed E-state index contributed by atoms with van der Waals surface area (Å²) in [6.07, 6.45) is 1.87. The summed E-state index contributed by atoms with van der Waals surface area (Å²) in [6.45, 7) is 1.22. The maximum Gasteiger partial charge on any atom is 0.407 e. The molecule has 1 heterocycles. The highest BCUT2D eigenvalue weighted by atomic mass is 19.1. The largest absolute Gasteiger partial charge is 0.508 e. The highest BCUT2D eigenvalue weighted by Crippen LogP contribution is 2.21. The fourth-order valence-corrected chi connectivity index (χ4v) is 2.91. The number of halogens is 1. The van der Waals surface area contributed by atoms with Crippen molar-refractivity contribution < 1.29 is 24.2 Å². The minimum absolute atomic E-state index is 0.130. The molecular formula is C20H23FN2O4. The molecule has 27 heavy (non-hydrogen) atoms. The van der Waals surface area contributed by atoms with E-state index in [2.05, 4.69) is 0 Å². The molecule has 1 aliphatic heterocycles. The van der Waals surface area contributed by atoms with Gasteiger partial charge in [-0.2, -0.15) is 0 Å². The molecule has 0 radical (unpaired) electrons. The third kappa shape index (κ3) is 6.62. The van der Waals surface area contributed by atoms with Gasteiger partial charge in [-0.25, -0.2) is 9.18 Å². The standard InChI is InChI=1S/C13H16FNO2.C7H7NO2/c14-12-3-1-10(2-4-12)9-11-5-7-15(8-6-11)13(16)17;8-7(10)5-1-3-6(9)4-2-5/h1-4,11H,5-9H2,(H,16,17);1-4,9H,(H2,8,10). The van der Waals surface area contributed by atoms with Crippen molar-refractivity contribution in [3.05, 3.63) is 65.5 Å². The van der Waals surface area contributed by atoms with Crippen LogP contribution in [-0.4, -0.2) is 40.2 Å². The van der Waals surface area contributed by atoms with Crippen molar-refractivity contribution in [3.63, 3.8) is 0 Å². The van der Waals surface area contributed by atoms with Gasteiger partial charge in [-0.15, -0.1) is 0 Å². The third-order valence-corrected chi connectivity index (χ3v) is 4.47. The number of primary amides is 1. The summed E-state index contributed by atoms with van der Waals surface area (Å²) in [7, 11) is 0. The molecule has 3 rings (SSSR count). The Hall–Kier alpha value is -3.09. The van der Waals surface area contributed by atoms with Crippen molar-refractivity contribution >= 4 is 12.0 Å². The van der Waals surface area contributed by atoms with Crippen LogP contribution in [0.4, 0.5) is 9.18 Å². The van der Waals surface area contributed by atoms with Crippen molar-refractivity contribution in [2.45, 2.75) is 19.3 Å². The van der Waals surface area contributed by atoms with Gasteiger partial charge in [-0.1, -0.05) is 12.1 Å². The molecule has 1 aliphatic rings. The van der Waals surface area contributed by atoms with Crippen LogP contribution in [0.2, 0.25) is 0 Å². The number of aromatic hydroxyl groups is 1. The Labute approximate surface area is 157 Å². The number of phenolic OH excluding ortho intramolecular Hbond substituents is 1. The van der Waals surface area contributed by atoms with Crippen molar-refractivity contribution in [3.8, 4) is 5.75 Å². The van der Waals surface area contributed by atoms with Crippen molar-refractivity contribution in [2.24, 2.45) is 11.7 Å². The van der Waals surface area contributed by atoms with Crippen LogP contribution in [0.15, 0.2) is 48.5 Å². The molecule has 0 aliphatic carbocycles. The van der Waals surface area contributed by atoms with Crippen LogP contribution < -0.4 is 5.73 Å². The predicted molar refractivity (Wildman–Crippen MR) is 99.1 cm³/mol. The van der Waals surface area contributed by atoms with E-state index in [4.69, 9.17) is 15.9 Å². The van der Waals surface area contributed by atoms with Gasteiger partial charge in [0.2, 0.25) is 5.91 Å². The van der Waals surface area contributed by atoms with Gasteiger partial charge >= 0.3 is 6.09 Å². The molecule has 1 saturated heterocycles. The molecule has 1 fully saturated rings. The van der Waals surface area contributed by atoms with Gasteiger partial charge in [0.15, 0.2) is 0 Å². The maximum absolute atomic E-state index is 12.7. The van der Waals surface area contributed by atoms with E-state index >= 15 is 0 Å². The molecule has 2 amide bonds. The first-order valence-corrected chi connectivity index (χ1v) is 8.66. The zero-order valence-corrected chi connectivity index (χ0v) is 14.8. The average Bonchev–Trinajstić information content (AvgIpc) is 2.65. The lowest BCUT2D eigenvalue weighted by Crippen LogP contribution is -2.37. The van der Waals surface area contributed by atoms with Gasteiger partial charge in [0.05, 0.1) is 0 Å². The number of hydrogen-bond acceptors (Lipinski definition) is 3. The molecule has 0 bridgehead atoms. The van der Waals surface area contributed by atoms with Gasteiger partial charge in [-0.05, 0) is 67.1 Å². The minimum atomic E-state index is -0.828. The van der Waals surface area contributed by atoms with Crippen LogP contribution in [0.25, 0.3) is 0 Å². The summed E-state index contributed by atoms with van der Waals surface area (Å²) in [4.78, 5) is 22.7. The fourth-order valence-electron chi connectivity index (χ4n) is 2.91. The van der Waals surface area contributed by atoms with E-state index in [0.717, 1.165) is 24.8 Å². The molecule has 2 aromatic rings. The van der Waals surface area contributed by atoms with E-state index in [9.17, 15) is 14.0 Å². The molecule has 0 atom stereocenters. The second kappa shape index (κ2) is 9.56. The summed E-state index contributed by atoms with van der Waals surface area (Å²) < 4.78 is 12.7. The summed E-state index contributed by atoms with van der Waals surface area (Å²) in [5, 5.41) is 17.6. The van der Waals surface area contributed by atoms with Crippen LogP contribution in [0, 0.1) is 11.7 Å². The number of amides is 2. The van der Waals surface area contributed by atoms with Crippen LogP contribution in [0.1, 0.15) is 28.8 Å². The van der Waals surface area contributed by atoms with Gasteiger partial charge in [-0.3, -0.25) is 4.79 Å². The second-order valence-electron chi connectivity index (χ2n) is 6.45. The zero-order valence-electron chi connectivity index (χ0n) is 14.8. The minimum Gasteiger partial charge on any atom is -0.508 e. The normalized spacial score (nSPS) is 14.2. The first kappa shape index (κ1) is 20.2. The number of carbonyl (C=O) groups excluding carboxylic acids is 1. The Morgan fingerprint density at radius 2 is 1.59 bits per heavy atom. The first-order valence-electron chi connectivity index (χ1n) is 8.66. The Morgan fingerprint density at radius 1 is 1.04 bits per heavy atom. The number of phenols is 1. The summed E-state index contributed by atoms with van der Waals surface area (Å²) in [5.74, 6) is -0.0597. The molecule has 2 aromatic carbocycles.